The number of nitrogens with two attached hydrogens (primary N) is 1. The Morgan fingerprint density at radius 2 is 2.06 bits per heavy atom. The molecule has 0 unspecified atom stereocenters. The zero-order valence-corrected chi connectivity index (χ0v) is 13.6. The number of hydrogen-bond donors (Lipinski definition) is 3. The van der Waals surface area contributed by atoms with Crippen molar-refractivity contribution in [3.8, 4) is 0 Å². The van der Waals surface area contributed by atoms with Gasteiger partial charge in [0.1, 0.15) is 0 Å². The first-order valence-corrected chi connectivity index (χ1v) is 6.36. The Balaban J connectivity index is 0.00000289. The van der Waals surface area contributed by atoms with Crippen LogP contribution in [-0.2, 0) is 4.74 Å². The van der Waals surface area contributed by atoms with Crippen LogP contribution in [0.1, 0.15) is 33.1 Å². The van der Waals surface area contributed by atoms with Crippen LogP contribution in [0.3, 0.4) is 0 Å². The molecular formula is C12H26IN3O2. The molecule has 1 rings (SSSR count). The molecule has 1 fully saturated rings. The Bertz CT molecular complexity index is 254. The molecule has 0 radical (unpaired) electrons. The minimum absolute atomic E-state index is 0. The molecule has 0 bridgehead atoms. The minimum Gasteiger partial charge on any atom is -0.388 e. The topological polar surface area (TPSA) is 79.9 Å². The summed E-state index contributed by atoms with van der Waals surface area (Å²) < 4.78 is 5.21. The summed E-state index contributed by atoms with van der Waals surface area (Å²) in [6.07, 6.45) is 2.33. The molecule has 0 aromatic carbocycles. The van der Waals surface area contributed by atoms with E-state index in [2.05, 4.69) is 24.2 Å². The van der Waals surface area contributed by atoms with Gasteiger partial charge in [-0.25, -0.2) is 0 Å². The molecule has 0 aromatic rings. The van der Waals surface area contributed by atoms with Crippen LogP contribution in [-0.4, -0.2) is 43.0 Å². The number of hydrogen-bond acceptors (Lipinski definition) is 3. The van der Waals surface area contributed by atoms with E-state index < -0.39 is 5.60 Å². The zero-order valence-electron chi connectivity index (χ0n) is 11.3. The predicted octanol–water partition coefficient (Wildman–Crippen LogP) is 1.10. The highest BCUT2D eigenvalue weighted by Gasteiger charge is 2.29. The fraction of sp³-hybridized carbons (Fsp3) is 0.917. The molecule has 1 saturated heterocycles. The summed E-state index contributed by atoms with van der Waals surface area (Å²) in [6.45, 7) is 6.73. The van der Waals surface area contributed by atoms with E-state index in [0.717, 1.165) is 13.0 Å². The van der Waals surface area contributed by atoms with Crippen molar-refractivity contribution in [2.75, 3.05) is 26.3 Å². The smallest absolute Gasteiger partial charge is 0.188 e. The second kappa shape index (κ2) is 8.92. The van der Waals surface area contributed by atoms with E-state index in [1.165, 1.54) is 0 Å². The number of ether oxygens (including phenoxy) is 1. The first-order chi connectivity index (χ1) is 8.02. The number of aliphatic imine (C=N–C) groups is 1. The highest BCUT2D eigenvalue weighted by molar-refractivity contribution is 14.0. The van der Waals surface area contributed by atoms with Gasteiger partial charge in [-0.1, -0.05) is 13.8 Å². The number of guanidine groups is 1. The fourth-order valence-electron chi connectivity index (χ4n) is 1.69. The maximum atomic E-state index is 10.2. The first kappa shape index (κ1) is 17.9. The van der Waals surface area contributed by atoms with Crippen LogP contribution in [0.2, 0.25) is 0 Å². The lowest BCUT2D eigenvalue weighted by Gasteiger charge is -2.30. The molecule has 1 heterocycles. The van der Waals surface area contributed by atoms with Gasteiger partial charge in [-0.2, -0.15) is 0 Å². The van der Waals surface area contributed by atoms with Crippen LogP contribution in [0.5, 0.6) is 0 Å². The van der Waals surface area contributed by atoms with E-state index in [1.807, 2.05) is 0 Å². The van der Waals surface area contributed by atoms with Crippen LogP contribution >= 0.6 is 24.0 Å². The Kier molecular flexibility index (Phi) is 8.89. The lowest BCUT2D eigenvalue weighted by Crippen LogP contribution is -2.41. The summed E-state index contributed by atoms with van der Waals surface area (Å²) in [5, 5.41) is 13.2. The maximum Gasteiger partial charge on any atom is 0.188 e. The summed E-state index contributed by atoms with van der Waals surface area (Å²) in [6, 6.07) is 0. The molecule has 1 aliphatic rings. The number of rotatable bonds is 5. The monoisotopic (exact) mass is 371 g/mol. The number of aliphatic hydroxyl groups is 1. The van der Waals surface area contributed by atoms with Gasteiger partial charge in [0.25, 0.3) is 0 Å². The van der Waals surface area contributed by atoms with E-state index in [4.69, 9.17) is 10.5 Å². The third-order valence-corrected chi connectivity index (χ3v) is 3.00. The van der Waals surface area contributed by atoms with Crippen molar-refractivity contribution in [1.82, 2.24) is 5.32 Å². The highest BCUT2D eigenvalue weighted by Crippen LogP contribution is 2.20. The third-order valence-electron chi connectivity index (χ3n) is 3.00. The van der Waals surface area contributed by atoms with Gasteiger partial charge in [0.2, 0.25) is 0 Å². The van der Waals surface area contributed by atoms with Gasteiger partial charge in [-0.15, -0.1) is 24.0 Å². The van der Waals surface area contributed by atoms with Crippen molar-refractivity contribution >= 4 is 29.9 Å². The standard InChI is InChI=1S/C12H25N3O2.HI/c1-10(2)3-6-14-11(13)15-9-12(16)4-7-17-8-5-12;/h10,16H,3-9H2,1-2H3,(H3,13,14,15);1H. The summed E-state index contributed by atoms with van der Waals surface area (Å²) in [5.41, 5.74) is 5.00. The number of halogens is 1. The van der Waals surface area contributed by atoms with Crippen molar-refractivity contribution in [3.05, 3.63) is 0 Å². The fourth-order valence-corrected chi connectivity index (χ4v) is 1.69. The van der Waals surface area contributed by atoms with Crippen molar-refractivity contribution < 1.29 is 9.84 Å². The van der Waals surface area contributed by atoms with Crippen molar-refractivity contribution in [3.63, 3.8) is 0 Å². The Labute approximate surface area is 127 Å². The van der Waals surface area contributed by atoms with Gasteiger partial charge in [-0.05, 0) is 12.3 Å². The maximum absolute atomic E-state index is 10.2. The molecule has 0 atom stereocenters. The normalized spacial score (nSPS) is 19.4. The first-order valence-electron chi connectivity index (χ1n) is 6.36. The molecular weight excluding hydrogens is 345 g/mol. The molecule has 0 aromatic heterocycles. The zero-order chi connectivity index (χ0) is 12.7. The van der Waals surface area contributed by atoms with Crippen LogP contribution in [0.15, 0.2) is 4.99 Å². The quantitative estimate of drug-likeness (QED) is 0.384. The lowest BCUT2D eigenvalue weighted by molar-refractivity contribution is -0.0565. The molecule has 1 aliphatic heterocycles. The highest BCUT2D eigenvalue weighted by atomic mass is 127. The van der Waals surface area contributed by atoms with E-state index >= 15 is 0 Å². The number of nitrogens with one attached hydrogen (secondary N) is 1. The molecule has 108 valence electrons. The molecule has 4 N–H and O–H groups in total. The van der Waals surface area contributed by atoms with Gasteiger partial charge in [0.15, 0.2) is 5.96 Å². The molecule has 0 amide bonds. The Morgan fingerprint density at radius 1 is 1.44 bits per heavy atom. The second-order valence-electron chi connectivity index (χ2n) is 5.15. The van der Waals surface area contributed by atoms with Crippen molar-refractivity contribution in [1.29, 1.82) is 0 Å². The van der Waals surface area contributed by atoms with Crippen LogP contribution in [0.4, 0.5) is 0 Å². The van der Waals surface area contributed by atoms with Crippen LogP contribution in [0, 0.1) is 5.92 Å². The Morgan fingerprint density at radius 3 is 2.61 bits per heavy atom. The van der Waals surface area contributed by atoms with Gasteiger partial charge in [0.05, 0.1) is 12.1 Å². The number of nitrogens with zero attached hydrogens (tertiary/aromatic N) is 1. The third kappa shape index (κ3) is 7.38. The summed E-state index contributed by atoms with van der Waals surface area (Å²) in [7, 11) is 0. The van der Waals surface area contributed by atoms with Crippen LogP contribution in [0.25, 0.3) is 0 Å². The minimum atomic E-state index is -0.734. The van der Waals surface area contributed by atoms with Crippen LogP contribution < -0.4 is 11.1 Å². The van der Waals surface area contributed by atoms with E-state index in [0.29, 0.717) is 44.5 Å². The van der Waals surface area contributed by atoms with Crippen molar-refractivity contribution in [2.45, 2.75) is 38.7 Å². The lowest BCUT2D eigenvalue weighted by atomic mass is 9.95. The average molecular weight is 371 g/mol. The van der Waals surface area contributed by atoms with Gasteiger partial charge in [0, 0.05) is 32.6 Å². The SMILES string of the molecule is CC(C)CCNC(N)=NCC1(O)CCOCC1.I. The summed E-state index contributed by atoms with van der Waals surface area (Å²) in [4.78, 5) is 4.19. The largest absolute Gasteiger partial charge is 0.388 e. The van der Waals surface area contributed by atoms with Gasteiger partial charge in [-0.3, -0.25) is 4.99 Å². The van der Waals surface area contributed by atoms with Crippen molar-refractivity contribution in [2.24, 2.45) is 16.6 Å². The summed E-state index contributed by atoms with van der Waals surface area (Å²) in [5.74, 6) is 1.07. The molecule has 18 heavy (non-hydrogen) atoms. The average Bonchev–Trinajstić information content (AvgIpc) is 2.27. The Hall–Kier alpha value is -0.0800. The molecule has 0 saturated carbocycles. The van der Waals surface area contributed by atoms with Gasteiger partial charge >= 0.3 is 0 Å². The van der Waals surface area contributed by atoms with E-state index in [9.17, 15) is 5.11 Å². The van der Waals surface area contributed by atoms with E-state index in [-0.39, 0.29) is 24.0 Å². The van der Waals surface area contributed by atoms with Gasteiger partial charge < -0.3 is 20.9 Å². The predicted molar refractivity (Wildman–Crippen MR) is 84.4 cm³/mol. The molecule has 0 spiro atoms. The summed E-state index contributed by atoms with van der Waals surface area (Å²) >= 11 is 0. The molecule has 5 nitrogen and oxygen atoms in total. The molecule has 6 heteroatoms. The van der Waals surface area contributed by atoms with E-state index in [1.54, 1.807) is 0 Å². The molecule has 0 aliphatic carbocycles. The second-order valence-corrected chi connectivity index (χ2v) is 5.15.